The Morgan fingerprint density at radius 2 is 2.18 bits per heavy atom. The number of nitrogens with one attached hydrogen (secondary N) is 1. The lowest BCUT2D eigenvalue weighted by Gasteiger charge is -2.21. The van der Waals surface area contributed by atoms with Crippen LogP contribution >= 0.6 is 11.8 Å². The van der Waals surface area contributed by atoms with E-state index in [-0.39, 0.29) is 23.5 Å². The summed E-state index contributed by atoms with van der Waals surface area (Å²) in [6, 6.07) is 2.82. The fourth-order valence-corrected chi connectivity index (χ4v) is 2.76. The average Bonchev–Trinajstić information content (AvgIpc) is 2.79. The predicted octanol–water partition coefficient (Wildman–Crippen LogP) is 1.60. The summed E-state index contributed by atoms with van der Waals surface area (Å²) in [6.45, 7) is 0. The topological polar surface area (TPSA) is 79.5 Å². The van der Waals surface area contributed by atoms with Crippen molar-refractivity contribution in [3.05, 3.63) is 23.7 Å². The van der Waals surface area contributed by atoms with Crippen molar-refractivity contribution >= 4 is 23.6 Å². The molecule has 6 heteroatoms. The number of carboxylic acid groups (broad SMARTS) is 1. The fraction of sp³-hybridized carbons (Fsp3) is 0.455. The number of carbonyl (C=O) groups is 2. The minimum absolute atomic E-state index is 0.0537. The summed E-state index contributed by atoms with van der Waals surface area (Å²) in [5.74, 6) is 0.363. The van der Waals surface area contributed by atoms with Gasteiger partial charge < -0.3 is 14.8 Å². The number of thioether (sulfide) groups is 1. The summed E-state index contributed by atoms with van der Waals surface area (Å²) < 4.78 is 4.93. The third-order valence-corrected chi connectivity index (χ3v) is 3.75. The van der Waals surface area contributed by atoms with Gasteiger partial charge >= 0.3 is 5.97 Å². The van der Waals surface area contributed by atoms with Crippen LogP contribution < -0.4 is 5.32 Å². The molecule has 1 aliphatic rings. The van der Waals surface area contributed by atoms with Gasteiger partial charge in [0.25, 0.3) is 5.91 Å². The lowest BCUT2D eigenvalue weighted by atomic mass is 10.2. The molecule has 1 aliphatic heterocycles. The van der Waals surface area contributed by atoms with Gasteiger partial charge in [0.05, 0.1) is 0 Å². The summed E-state index contributed by atoms with van der Waals surface area (Å²) in [4.78, 5) is 22.3. The van der Waals surface area contributed by atoms with Gasteiger partial charge in [-0.05, 0) is 30.7 Å². The van der Waals surface area contributed by atoms with Crippen molar-refractivity contribution in [1.82, 2.24) is 5.32 Å². The van der Waals surface area contributed by atoms with E-state index < -0.39 is 5.97 Å². The third-order valence-electron chi connectivity index (χ3n) is 2.54. The molecule has 1 saturated heterocycles. The first-order chi connectivity index (χ1) is 8.16. The Kier molecular flexibility index (Phi) is 3.73. The van der Waals surface area contributed by atoms with Gasteiger partial charge in [0, 0.05) is 11.8 Å². The Hall–Kier alpha value is -1.43. The van der Waals surface area contributed by atoms with Crippen molar-refractivity contribution < 1.29 is 19.1 Å². The van der Waals surface area contributed by atoms with Gasteiger partial charge in [-0.15, -0.1) is 0 Å². The summed E-state index contributed by atoms with van der Waals surface area (Å²) in [5, 5.41) is 11.5. The van der Waals surface area contributed by atoms with E-state index in [1.807, 2.05) is 11.8 Å². The lowest BCUT2D eigenvalue weighted by Crippen LogP contribution is -2.38. The molecule has 1 atom stereocenters. The molecule has 0 bridgehead atoms. The van der Waals surface area contributed by atoms with Crippen molar-refractivity contribution in [2.75, 3.05) is 11.5 Å². The monoisotopic (exact) mass is 255 g/mol. The predicted molar refractivity (Wildman–Crippen MR) is 63.5 cm³/mol. The second-order valence-electron chi connectivity index (χ2n) is 3.86. The van der Waals surface area contributed by atoms with Crippen LogP contribution in [0.2, 0.25) is 0 Å². The number of furan rings is 1. The molecular formula is C11H13NO4S. The van der Waals surface area contributed by atoms with Crippen molar-refractivity contribution in [2.45, 2.75) is 18.9 Å². The molecule has 1 fully saturated rings. The first kappa shape index (κ1) is 12.0. The molecule has 1 amide bonds. The van der Waals surface area contributed by atoms with Gasteiger partial charge in [0.15, 0.2) is 5.76 Å². The highest BCUT2D eigenvalue weighted by Gasteiger charge is 2.20. The van der Waals surface area contributed by atoms with E-state index in [0.29, 0.717) is 0 Å². The van der Waals surface area contributed by atoms with Crippen LogP contribution in [0.3, 0.4) is 0 Å². The van der Waals surface area contributed by atoms with E-state index in [4.69, 9.17) is 9.52 Å². The van der Waals surface area contributed by atoms with E-state index in [1.54, 1.807) is 0 Å². The Balaban J connectivity index is 1.96. The van der Waals surface area contributed by atoms with Crippen LogP contribution in [0.5, 0.6) is 0 Å². The van der Waals surface area contributed by atoms with E-state index in [1.165, 1.54) is 12.1 Å². The van der Waals surface area contributed by atoms with Crippen molar-refractivity contribution in [3.63, 3.8) is 0 Å². The molecule has 0 radical (unpaired) electrons. The number of rotatable bonds is 3. The van der Waals surface area contributed by atoms with Crippen LogP contribution in [0.4, 0.5) is 0 Å². The van der Waals surface area contributed by atoms with Gasteiger partial charge in [0.1, 0.15) is 0 Å². The number of carbonyl (C=O) groups excluding carboxylic acids is 1. The molecule has 0 saturated carbocycles. The molecular weight excluding hydrogens is 242 g/mol. The lowest BCUT2D eigenvalue weighted by molar-refractivity contribution is 0.0659. The smallest absolute Gasteiger partial charge is 0.371 e. The number of aromatic carboxylic acids is 1. The van der Waals surface area contributed by atoms with E-state index in [0.717, 1.165) is 24.3 Å². The van der Waals surface area contributed by atoms with Crippen LogP contribution in [0.1, 0.15) is 34.0 Å². The molecule has 0 aromatic carbocycles. The zero-order valence-corrected chi connectivity index (χ0v) is 9.96. The fourth-order valence-electron chi connectivity index (χ4n) is 1.69. The Bertz CT molecular complexity index is 423. The zero-order valence-electron chi connectivity index (χ0n) is 9.14. The minimum atomic E-state index is -1.17. The summed E-state index contributed by atoms with van der Waals surface area (Å²) in [6.07, 6.45) is 2.05. The second-order valence-corrected chi connectivity index (χ2v) is 5.01. The van der Waals surface area contributed by atoms with Crippen LogP contribution in [-0.4, -0.2) is 34.5 Å². The normalized spacial score (nSPS) is 19.9. The van der Waals surface area contributed by atoms with E-state index in [2.05, 4.69) is 5.32 Å². The van der Waals surface area contributed by atoms with Crippen molar-refractivity contribution in [2.24, 2.45) is 0 Å². The summed E-state index contributed by atoms with van der Waals surface area (Å²) in [5.41, 5.74) is 0. The maximum absolute atomic E-state index is 11.7. The number of hydrogen-bond acceptors (Lipinski definition) is 4. The molecule has 0 spiro atoms. The summed E-state index contributed by atoms with van der Waals surface area (Å²) >= 11 is 1.81. The number of hydrogen-bond donors (Lipinski definition) is 2. The average molecular weight is 255 g/mol. The van der Waals surface area contributed by atoms with Crippen LogP contribution in [0, 0.1) is 0 Å². The van der Waals surface area contributed by atoms with Gasteiger partial charge in [-0.1, -0.05) is 0 Å². The van der Waals surface area contributed by atoms with Crippen LogP contribution in [0.15, 0.2) is 16.5 Å². The number of amides is 1. The molecule has 2 N–H and O–H groups in total. The van der Waals surface area contributed by atoms with Crippen molar-refractivity contribution in [1.29, 1.82) is 0 Å². The SMILES string of the molecule is O=C(O)c1ccc(C(=O)NC2CCCSC2)o1. The Morgan fingerprint density at radius 1 is 1.41 bits per heavy atom. The van der Waals surface area contributed by atoms with Gasteiger partial charge in [-0.2, -0.15) is 11.8 Å². The van der Waals surface area contributed by atoms with Gasteiger partial charge in [-0.25, -0.2) is 4.79 Å². The zero-order chi connectivity index (χ0) is 12.3. The Morgan fingerprint density at radius 3 is 2.76 bits per heavy atom. The highest BCUT2D eigenvalue weighted by molar-refractivity contribution is 7.99. The maximum atomic E-state index is 11.7. The van der Waals surface area contributed by atoms with Crippen LogP contribution in [-0.2, 0) is 0 Å². The van der Waals surface area contributed by atoms with Crippen LogP contribution in [0.25, 0.3) is 0 Å². The molecule has 92 valence electrons. The minimum Gasteiger partial charge on any atom is -0.475 e. The molecule has 2 heterocycles. The van der Waals surface area contributed by atoms with E-state index in [9.17, 15) is 9.59 Å². The highest BCUT2D eigenvalue weighted by Crippen LogP contribution is 2.17. The molecule has 17 heavy (non-hydrogen) atoms. The maximum Gasteiger partial charge on any atom is 0.371 e. The quantitative estimate of drug-likeness (QED) is 0.857. The molecule has 1 unspecified atom stereocenters. The second kappa shape index (κ2) is 5.27. The highest BCUT2D eigenvalue weighted by atomic mass is 32.2. The molecule has 1 aromatic heterocycles. The molecule has 1 aromatic rings. The first-order valence-electron chi connectivity index (χ1n) is 5.38. The number of carboxylic acids is 1. The largest absolute Gasteiger partial charge is 0.475 e. The molecule has 2 rings (SSSR count). The van der Waals surface area contributed by atoms with Crippen molar-refractivity contribution in [3.8, 4) is 0 Å². The van der Waals surface area contributed by atoms with E-state index >= 15 is 0 Å². The molecule has 5 nitrogen and oxygen atoms in total. The Labute approximate surface area is 103 Å². The third kappa shape index (κ3) is 3.03. The summed E-state index contributed by atoms with van der Waals surface area (Å²) in [7, 11) is 0. The standard InChI is InChI=1S/C11H13NO4S/c13-10(12-7-2-1-5-17-6-7)8-3-4-9(16-8)11(14)15/h3-4,7H,1-2,5-6H2,(H,12,13)(H,14,15). The van der Waals surface area contributed by atoms with Gasteiger partial charge in [-0.3, -0.25) is 4.79 Å². The van der Waals surface area contributed by atoms with Gasteiger partial charge in [0.2, 0.25) is 5.76 Å². The molecule has 0 aliphatic carbocycles. The first-order valence-corrected chi connectivity index (χ1v) is 6.54.